The number of halogens is 3. The Morgan fingerprint density at radius 1 is 1.19 bits per heavy atom. The average molecular weight is 371 g/mol. The normalized spacial score (nSPS) is 14.1. The molecule has 2 N–H and O–H groups in total. The van der Waals surface area contributed by atoms with Gasteiger partial charge in [-0.1, -0.05) is 24.8 Å². The fraction of sp³-hybridized carbons (Fsp3) is 0.100. The second-order valence-electron chi connectivity index (χ2n) is 5.96. The van der Waals surface area contributed by atoms with Crippen LogP contribution in [0.15, 0.2) is 67.0 Å². The molecule has 1 aliphatic rings. The van der Waals surface area contributed by atoms with E-state index in [1.165, 1.54) is 25.3 Å². The first-order valence-electron chi connectivity index (χ1n) is 8.04. The largest absolute Gasteiger partial charge is 0.417 e. The van der Waals surface area contributed by atoms with Crippen LogP contribution in [0.3, 0.4) is 0 Å². The smallest absolute Gasteiger partial charge is 0.355 e. The first-order valence-corrected chi connectivity index (χ1v) is 8.04. The van der Waals surface area contributed by atoms with Crippen molar-refractivity contribution in [1.82, 2.24) is 10.3 Å². The molecule has 1 aliphatic heterocycles. The molecular weight excluding hydrogens is 355 g/mol. The van der Waals surface area contributed by atoms with Gasteiger partial charge < -0.3 is 10.6 Å². The third-order valence-electron chi connectivity index (χ3n) is 3.84. The summed E-state index contributed by atoms with van der Waals surface area (Å²) in [5.74, 6) is 0.0920. The monoisotopic (exact) mass is 371 g/mol. The second kappa shape index (κ2) is 7.11. The number of dihydropyridines is 1. The summed E-state index contributed by atoms with van der Waals surface area (Å²) in [7, 11) is 0. The molecule has 7 heteroatoms. The quantitative estimate of drug-likeness (QED) is 0.829. The van der Waals surface area contributed by atoms with Gasteiger partial charge in [-0.2, -0.15) is 13.2 Å². The molecule has 0 spiro atoms. The van der Waals surface area contributed by atoms with Gasteiger partial charge in [-0.15, -0.1) is 0 Å². The minimum Gasteiger partial charge on any atom is -0.355 e. The topological polar surface area (TPSA) is 54.0 Å². The molecule has 0 atom stereocenters. The van der Waals surface area contributed by atoms with Gasteiger partial charge in [0.1, 0.15) is 5.82 Å². The van der Waals surface area contributed by atoms with Crippen LogP contribution in [0.4, 0.5) is 19.0 Å². The van der Waals surface area contributed by atoms with Crippen molar-refractivity contribution >= 4 is 23.0 Å². The summed E-state index contributed by atoms with van der Waals surface area (Å²) in [6, 6.07) is 8.71. The molecule has 0 radical (unpaired) electrons. The number of amides is 1. The summed E-state index contributed by atoms with van der Waals surface area (Å²) < 4.78 is 40.1. The number of pyridine rings is 1. The van der Waals surface area contributed by atoms with Crippen molar-refractivity contribution in [2.24, 2.45) is 0 Å². The Labute approximate surface area is 154 Å². The summed E-state index contributed by atoms with van der Waals surface area (Å²) >= 11 is 0. The molecule has 1 amide bonds. The van der Waals surface area contributed by atoms with E-state index in [0.29, 0.717) is 28.3 Å². The highest BCUT2D eigenvalue weighted by Gasteiger charge is 2.34. The van der Waals surface area contributed by atoms with Crippen LogP contribution in [0.1, 0.15) is 23.6 Å². The van der Waals surface area contributed by atoms with Crippen LogP contribution in [-0.4, -0.2) is 10.9 Å². The fourth-order valence-corrected chi connectivity index (χ4v) is 2.77. The molecule has 27 heavy (non-hydrogen) atoms. The molecule has 4 nitrogen and oxygen atoms in total. The number of alkyl halides is 3. The average Bonchev–Trinajstić information content (AvgIpc) is 2.60. The highest BCUT2D eigenvalue weighted by atomic mass is 19.4. The Hall–Kier alpha value is -3.35. The number of carbonyl (C=O) groups is 1. The van der Waals surface area contributed by atoms with E-state index in [0.717, 1.165) is 6.07 Å². The SMILES string of the molecule is C=C1C=C(c2ccnc(NC(C)=O)c2)C=C(c2ccccc2C(F)(F)F)N1. The third kappa shape index (κ3) is 4.25. The predicted octanol–water partition coefficient (Wildman–Crippen LogP) is 4.60. The van der Waals surface area contributed by atoms with Crippen LogP contribution in [0.25, 0.3) is 11.3 Å². The Balaban J connectivity index is 2.04. The predicted molar refractivity (Wildman–Crippen MR) is 98.2 cm³/mol. The van der Waals surface area contributed by atoms with E-state index in [1.807, 2.05) is 0 Å². The summed E-state index contributed by atoms with van der Waals surface area (Å²) in [6.45, 7) is 5.20. The highest BCUT2D eigenvalue weighted by Crippen LogP contribution is 2.36. The van der Waals surface area contributed by atoms with Crippen LogP contribution >= 0.6 is 0 Å². The van der Waals surface area contributed by atoms with Crippen molar-refractivity contribution in [1.29, 1.82) is 0 Å². The molecule has 0 aliphatic carbocycles. The number of allylic oxidation sites excluding steroid dienone is 3. The molecule has 0 fully saturated rings. The first-order chi connectivity index (χ1) is 12.7. The van der Waals surface area contributed by atoms with E-state index in [4.69, 9.17) is 0 Å². The number of anilines is 1. The van der Waals surface area contributed by atoms with Crippen LogP contribution in [-0.2, 0) is 11.0 Å². The molecule has 2 aromatic rings. The van der Waals surface area contributed by atoms with Crippen LogP contribution in [0, 0.1) is 0 Å². The summed E-state index contributed by atoms with van der Waals surface area (Å²) in [5, 5.41) is 5.48. The zero-order valence-electron chi connectivity index (χ0n) is 14.4. The van der Waals surface area contributed by atoms with Crippen molar-refractivity contribution < 1.29 is 18.0 Å². The third-order valence-corrected chi connectivity index (χ3v) is 3.84. The summed E-state index contributed by atoms with van der Waals surface area (Å²) in [5.41, 5.74) is 1.40. The number of aromatic nitrogens is 1. The molecule has 0 unspecified atom stereocenters. The number of nitrogens with zero attached hydrogens (tertiary/aromatic N) is 1. The number of nitrogens with one attached hydrogen (secondary N) is 2. The Morgan fingerprint density at radius 3 is 2.63 bits per heavy atom. The lowest BCUT2D eigenvalue weighted by atomic mass is 9.96. The highest BCUT2D eigenvalue weighted by molar-refractivity contribution is 5.91. The standard InChI is InChI=1S/C20H16F3N3O/c1-12-9-15(14-7-8-24-19(11-14)26-13(2)27)10-18(25-12)16-5-3-4-6-17(16)20(21,22)23/h3-11,25H,1H2,2H3,(H,24,26,27). The molecule has 0 saturated heterocycles. The molecule has 0 saturated carbocycles. The molecule has 0 bridgehead atoms. The minimum absolute atomic E-state index is 0.0351. The first kappa shape index (κ1) is 18.4. The Bertz CT molecular complexity index is 974. The van der Waals surface area contributed by atoms with Crippen molar-refractivity contribution in [3.8, 4) is 0 Å². The zero-order chi connectivity index (χ0) is 19.6. The second-order valence-corrected chi connectivity index (χ2v) is 5.96. The van der Waals surface area contributed by atoms with Gasteiger partial charge in [-0.05, 0) is 41.5 Å². The van der Waals surface area contributed by atoms with Crippen molar-refractivity contribution in [3.05, 3.63) is 83.7 Å². The molecule has 138 valence electrons. The summed E-state index contributed by atoms with van der Waals surface area (Å²) in [6.07, 6.45) is 0.374. The van der Waals surface area contributed by atoms with Gasteiger partial charge in [0.2, 0.25) is 5.91 Å². The van der Waals surface area contributed by atoms with Gasteiger partial charge in [0, 0.05) is 30.1 Å². The van der Waals surface area contributed by atoms with Gasteiger partial charge >= 0.3 is 6.18 Å². The number of hydrogen-bond donors (Lipinski definition) is 2. The van der Waals surface area contributed by atoms with E-state index >= 15 is 0 Å². The van der Waals surface area contributed by atoms with E-state index in [9.17, 15) is 18.0 Å². The fourth-order valence-electron chi connectivity index (χ4n) is 2.77. The number of rotatable bonds is 3. The zero-order valence-corrected chi connectivity index (χ0v) is 14.4. The molecule has 1 aromatic heterocycles. The van der Waals surface area contributed by atoms with E-state index < -0.39 is 11.7 Å². The van der Waals surface area contributed by atoms with E-state index in [2.05, 4.69) is 22.2 Å². The maximum atomic E-state index is 13.4. The summed E-state index contributed by atoms with van der Waals surface area (Å²) in [4.78, 5) is 15.3. The van der Waals surface area contributed by atoms with Crippen LogP contribution in [0.2, 0.25) is 0 Å². The Kier molecular flexibility index (Phi) is 4.85. The van der Waals surface area contributed by atoms with Gasteiger partial charge in [0.25, 0.3) is 0 Å². The lowest BCUT2D eigenvalue weighted by Crippen LogP contribution is -2.17. The van der Waals surface area contributed by atoms with Gasteiger partial charge in [-0.25, -0.2) is 4.98 Å². The van der Waals surface area contributed by atoms with Gasteiger partial charge in [0.15, 0.2) is 0 Å². The number of carbonyl (C=O) groups excluding carboxylic acids is 1. The maximum absolute atomic E-state index is 13.4. The number of hydrogen-bond acceptors (Lipinski definition) is 3. The lowest BCUT2D eigenvalue weighted by Gasteiger charge is -2.21. The van der Waals surface area contributed by atoms with Crippen LogP contribution in [0.5, 0.6) is 0 Å². The minimum atomic E-state index is -4.48. The van der Waals surface area contributed by atoms with Crippen LogP contribution < -0.4 is 10.6 Å². The van der Waals surface area contributed by atoms with Crippen molar-refractivity contribution in [2.75, 3.05) is 5.32 Å². The van der Waals surface area contributed by atoms with E-state index in [1.54, 1.807) is 30.4 Å². The van der Waals surface area contributed by atoms with Crippen molar-refractivity contribution in [2.45, 2.75) is 13.1 Å². The van der Waals surface area contributed by atoms with E-state index in [-0.39, 0.29) is 11.5 Å². The number of benzene rings is 1. The molecular formula is C20H16F3N3O. The maximum Gasteiger partial charge on any atom is 0.417 e. The van der Waals surface area contributed by atoms with Gasteiger partial charge in [0.05, 0.1) is 5.56 Å². The van der Waals surface area contributed by atoms with Crippen molar-refractivity contribution in [3.63, 3.8) is 0 Å². The lowest BCUT2D eigenvalue weighted by molar-refractivity contribution is -0.137. The molecule has 3 rings (SSSR count). The van der Waals surface area contributed by atoms with Gasteiger partial charge in [-0.3, -0.25) is 4.79 Å². The molecule has 2 heterocycles. The molecule has 1 aromatic carbocycles. The Morgan fingerprint density at radius 2 is 1.93 bits per heavy atom.